The number of hydrogen-bond donors (Lipinski definition) is 2. The van der Waals surface area contributed by atoms with E-state index in [9.17, 15) is 9.59 Å². The van der Waals surface area contributed by atoms with Gasteiger partial charge in [-0.3, -0.25) is 4.79 Å². The Hall–Kier alpha value is -3.60. The van der Waals surface area contributed by atoms with E-state index in [1.165, 1.54) is 0 Å². The number of carbonyl (C=O) groups excluding carboxylic acids is 2. The third-order valence-electron chi connectivity index (χ3n) is 5.80. The van der Waals surface area contributed by atoms with Crippen molar-refractivity contribution < 1.29 is 9.59 Å². The van der Waals surface area contributed by atoms with Gasteiger partial charge in [0.1, 0.15) is 6.04 Å². The summed E-state index contributed by atoms with van der Waals surface area (Å²) in [5.41, 5.74) is 6.06. The Labute approximate surface area is 183 Å². The second-order valence-corrected chi connectivity index (χ2v) is 8.01. The van der Waals surface area contributed by atoms with Crippen molar-refractivity contribution in [2.45, 2.75) is 32.7 Å². The zero-order valence-electron chi connectivity index (χ0n) is 17.9. The standard InChI is InChI=1S/C26H27N3O2/c1-18-12-13-22(16-19(18)2)27-26(31)28-23(17-20-8-4-3-5-9-20)25(30)29-15-14-21-10-6-7-11-24(21)29/h3-13,16,23H,14-15,17H2,1-2H3,(H2,27,28,31). The molecule has 2 N–H and O–H groups in total. The lowest BCUT2D eigenvalue weighted by Crippen LogP contribution is -2.50. The average molecular weight is 414 g/mol. The molecule has 1 unspecified atom stereocenters. The predicted molar refractivity (Wildman–Crippen MR) is 125 cm³/mol. The molecule has 31 heavy (non-hydrogen) atoms. The number of rotatable bonds is 5. The van der Waals surface area contributed by atoms with Crippen LogP contribution < -0.4 is 15.5 Å². The number of benzene rings is 3. The molecule has 1 aliphatic heterocycles. The van der Waals surface area contributed by atoms with E-state index in [2.05, 4.69) is 16.7 Å². The molecular formula is C26H27N3O2. The number of nitrogens with one attached hydrogen (secondary N) is 2. The highest BCUT2D eigenvalue weighted by Crippen LogP contribution is 2.28. The lowest BCUT2D eigenvalue weighted by atomic mass is 10.0. The average Bonchev–Trinajstić information content (AvgIpc) is 3.20. The number of amides is 3. The summed E-state index contributed by atoms with van der Waals surface area (Å²) < 4.78 is 0. The molecule has 0 aromatic heterocycles. The molecule has 0 radical (unpaired) electrons. The molecule has 0 spiro atoms. The molecule has 0 bridgehead atoms. The highest BCUT2D eigenvalue weighted by molar-refractivity contribution is 6.02. The monoisotopic (exact) mass is 413 g/mol. The Balaban J connectivity index is 1.53. The lowest BCUT2D eigenvalue weighted by molar-refractivity contribution is -0.120. The first kappa shape index (κ1) is 20.7. The topological polar surface area (TPSA) is 61.4 Å². The maximum Gasteiger partial charge on any atom is 0.319 e. The molecule has 1 heterocycles. The quantitative estimate of drug-likeness (QED) is 0.641. The van der Waals surface area contributed by atoms with E-state index in [-0.39, 0.29) is 11.9 Å². The van der Waals surface area contributed by atoms with Gasteiger partial charge >= 0.3 is 6.03 Å². The minimum atomic E-state index is -0.667. The van der Waals surface area contributed by atoms with Crippen molar-refractivity contribution in [3.05, 3.63) is 95.1 Å². The smallest absolute Gasteiger partial charge is 0.319 e. The third-order valence-corrected chi connectivity index (χ3v) is 5.80. The van der Waals surface area contributed by atoms with Gasteiger partial charge in [-0.1, -0.05) is 54.6 Å². The molecule has 0 aliphatic carbocycles. The van der Waals surface area contributed by atoms with E-state index in [1.807, 2.05) is 80.6 Å². The van der Waals surface area contributed by atoms with Crippen LogP contribution in [0.25, 0.3) is 0 Å². The third kappa shape index (κ3) is 4.77. The highest BCUT2D eigenvalue weighted by atomic mass is 16.2. The fraction of sp³-hybridized carbons (Fsp3) is 0.231. The number of hydrogen-bond acceptors (Lipinski definition) is 2. The summed E-state index contributed by atoms with van der Waals surface area (Å²) in [6, 6.07) is 22.4. The highest BCUT2D eigenvalue weighted by Gasteiger charge is 2.31. The van der Waals surface area contributed by atoms with Crippen LogP contribution in [0.4, 0.5) is 16.2 Å². The molecule has 4 rings (SSSR count). The first-order valence-corrected chi connectivity index (χ1v) is 10.6. The maximum atomic E-state index is 13.5. The molecule has 0 saturated carbocycles. The van der Waals surface area contributed by atoms with Crippen molar-refractivity contribution in [2.24, 2.45) is 0 Å². The van der Waals surface area contributed by atoms with Crippen LogP contribution in [-0.4, -0.2) is 24.5 Å². The summed E-state index contributed by atoms with van der Waals surface area (Å²) in [5.74, 6) is -0.0935. The van der Waals surface area contributed by atoms with Crippen LogP contribution in [0, 0.1) is 13.8 Å². The van der Waals surface area contributed by atoms with Crippen LogP contribution in [-0.2, 0) is 17.6 Å². The Morgan fingerprint density at radius 1 is 0.935 bits per heavy atom. The summed E-state index contributed by atoms with van der Waals surface area (Å²) >= 11 is 0. The zero-order valence-corrected chi connectivity index (χ0v) is 17.9. The van der Waals surface area contributed by atoms with Gasteiger partial charge in [0.15, 0.2) is 0 Å². The van der Waals surface area contributed by atoms with Crippen LogP contribution in [0.2, 0.25) is 0 Å². The van der Waals surface area contributed by atoms with Gasteiger partial charge in [-0.05, 0) is 60.7 Å². The fourth-order valence-electron chi connectivity index (χ4n) is 3.95. The van der Waals surface area contributed by atoms with Crippen molar-refractivity contribution in [3.63, 3.8) is 0 Å². The Morgan fingerprint density at radius 3 is 2.45 bits per heavy atom. The molecular weight excluding hydrogens is 386 g/mol. The van der Waals surface area contributed by atoms with Crippen molar-refractivity contribution >= 4 is 23.3 Å². The van der Waals surface area contributed by atoms with Gasteiger partial charge in [0.25, 0.3) is 0 Å². The number of para-hydroxylation sites is 1. The minimum absolute atomic E-state index is 0.0935. The van der Waals surface area contributed by atoms with Crippen LogP contribution in [0.3, 0.4) is 0 Å². The number of aryl methyl sites for hydroxylation is 2. The van der Waals surface area contributed by atoms with Crippen molar-refractivity contribution in [3.8, 4) is 0 Å². The normalized spacial score (nSPS) is 13.4. The zero-order chi connectivity index (χ0) is 21.8. The van der Waals surface area contributed by atoms with Gasteiger partial charge in [0, 0.05) is 24.3 Å². The fourth-order valence-corrected chi connectivity index (χ4v) is 3.95. The summed E-state index contributed by atoms with van der Waals surface area (Å²) in [7, 11) is 0. The van der Waals surface area contributed by atoms with Gasteiger partial charge in [-0.15, -0.1) is 0 Å². The number of urea groups is 1. The summed E-state index contributed by atoms with van der Waals surface area (Å²) in [4.78, 5) is 28.1. The molecule has 0 saturated heterocycles. The molecule has 3 aromatic carbocycles. The van der Waals surface area contributed by atoms with E-state index in [0.29, 0.717) is 18.7 Å². The molecule has 3 amide bonds. The van der Waals surface area contributed by atoms with Gasteiger partial charge in [-0.25, -0.2) is 4.79 Å². The van der Waals surface area contributed by atoms with Gasteiger partial charge in [0.05, 0.1) is 0 Å². The maximum absolute atomic E-state index is 13.5. The second kappa shape index (κ2) is 9.04. The van der Waals surface area contributed by atoms with E-state index in [0.717, 1.165) is 34.4 Å². The van der Waals surface area contributed by atoms with E-state index in [4.69, 9.17) is 0 Å². The first-order chi connectivity index (χ1) is 15.0. The van der Waals surface area contributed by atoms with Crippen LogP contribution in [0.15, 0.2) is 72.8 Å². The SMILES string of the molecule is Cc1ccc(NC(=O)NC(Cc2ccccc2)C(=O)N2CCc3ccccc32)cc1C. The Morgan fingerprint density at radius 2 is 1.68 bits per heavy atom. The largest absolute Gasteiger partial charge is 0.326 e. The number of nitrogens with zero attached hydrogens (tertiary/aromatic N) is 1. The van der Waals surface area contributed by atoms with Gasteiger partial charge in [0.2, 0.25) is 5.91 Å². The van der Waals surface area contributed by atoms with E-state index < -0.39 is 6.04 Å². The molecule has 1 atom stereocenters. The molecule has 1 aliphatic rings. The molecule has 5 nitrogen and oxygen atoms in total. The van der Waals surface area contributed by atoms with Crippen LogP contribution in [0.5, 0.6) is 0 Å². The lowest BCUT2D eigenvalue weighted by Gasteiger charge is -2.25. The molecule has 5 heteroatoms. The number of anilines is 2. The van der Waals surface area contributed by atoms with Crippen molar-refractivity contribution in [2.75, 3.05) is 16.8 Å². The molecule has 158 valence electrons. The van der Waals surface area contributed by atoms with Gasteiger partial charge < -0.3 is 15.5 Å². The van der Waals surface area contributed by atoms with E-state index >= 15 is 0 Å². The minimum Gasteiger partial charge on any atom is -0.326 e. The van der Waals surface area contributed by atoms with Crippen molar-refractivity contribution in [1.82, 2.24) is 5.32 Å². The Kier molecular flexibility index (Phi) is 6.03. The Bertz CT molecular complexity index is 1090. The van der Waals surface area contributed by atoms with E-state index in [1.54, 1.807) is 4.90 Å². The van der Waals surface area contributed by atoms with Crippen molar-refractivity contribution in [1.29, 1.82) is 0 Å². The van der Waals surface area contributed by atoms with Crippen LogP contribution in [0.1, 0.15) is 22.3 Å². The molecule has 3 aromatic rings. The summed E-state index contributed by atoms with van der Waals surface area (Å²) in [6.45, 7) is 4.66. The summed E-state index contributed by atoms with van der Waals surface area (Å²) in [5, 5.41) is 5.78. The first-order valence-electron chi connectivity index (χ1n) is 10.6. The van der Waals surface area contributed by atoms with Gasteiger partial charge in [-0.2, -0.15) is 0 Å². The second-order valence-electron chi connectivity index (χ2n) is 8.01. The summed E-state index contributed by atoms with van der Waals surface area (Å²) in [6.07, 6.45) is 1.26. The number of fused-ring (bicyclic) bond motifs is 1. The molecule has 0 fully saturated rings. The van der Waals surface area contributed by atoms with Crippen LogP contribution >= 0.6 is 0 Å². The number of carbonyl (C=O) groups is 2. The predicted octanol–water partition coefficient (Wildman–Crippen LogP) is 4.63.